The molecule has 1 rings (SSSR count). The number of rotatable bonds is 10. The van der Waals surface area contributed by atoms with E-state index >= 15 is 0 Å². The van der Waals surface area contributed by atoms with Gasteiger partial charge in [-0.05, 0) is 19.3 Å². The first-order chi connectivity index (χ1) is 9.19. The van der Waals surface area contributed by atoms with Gasteiger partial charge in [0.15, 0.2) is 5.69 Å². The van der Waals surface area contributed by atoms with E-state index < -0.39 is 0 Å². The van der Waals surface area contributed by atoms with Crippen LogP contribution >= 0.6 is 11.3 Å². The number of hydrogen-bond acceptors (Lipinski definition) is 2. The lowest BCUT2D eigenvalue weighted by molar-refractivity contribution is -0.705. The van der Waals surface area contributed by atoms with E-state index in [1.54, 1.807) is 0 Å². The van der Waals surface area contributed by atoms with Crippen molar-refractivity contribution >= 4 is 11.3 Å². The number of thiazole rings is 1. The van der Waals surface area contributed by atoms with Crippen molar-refractivity contribution in [3.63, 3.8) is 0 Å². The Bertz CT molecular complexity index is 349. The lowest BCUT2D eigenvalue weighted by Gasteiger charge is -2.09. The van der Waals surface area contributed by atoms with Crippen LogP contribution in [0.15, 0.2) is 5.38 Å². The molecule has 0 aromatic carbocycles. The summed E-state index contributed by atoms with van der Waals surface area (Å²) in [6.45, 7) is 7.73. The molecule has 0 radical (unpaired) electrons. The van der Waals surface area contributed by atoms with Crippen molar-refractivity contribution in [1.82, 2.24) is 0 Å². The van der Waals surface area contributed by atoms with Crippen molar-refractivity contribution in [1.29, 1.82) is 0 Å². The third-order valence-corrected chi connectivity index (χ3v) is 4.94. The van der Waals surface area contributed by atoms with Crippen LogP contribution in [0.5, 0.6) is 0 Å². The number of aliphatic hydroxyl groups excluding tert-OH is 1. The zero-order valence-corrected chi connectivity index (χ0v) is 13.6. The maximum absolute atomic E-state index is 9.88. The maximum Gasteiger partial charge on any atom is 0.237 e. The predicted octanol–water partition coefficient (Wildman–Crippen LogP) is 4.02. The van der Waals surface area contributed by atoms with E-state index in [1.807, 2.05) is 11.3 Å². The molecule has 0 fully saturated rings. The number of aliphatic hydroxyl groups is 1. The summed E-state index contributed by atoms with van der Waals surface area (Å²) in [6, 6.07) is 0. The standard InChI is InChI=1S/C16H30NOS/c1-4-6-7-10-15(18)11-8-9-12-17-14(3)13-19-16(17)5-2/h13,15,18H,4-12H2,1-3H3/q+1. The number of nitrogens with zero attached hydrogens (tertiary/aromatic N) is 1. The van der Waals surface area contributed by atoms with Crippen molar-refractivity contribution in [3.8, 4) is 0 Å². The molecule has 1 aromatic heterocycles. The largest absolute Gasteiger partial charge is 0.393 e. The van der Waals surface area contributed by atoms with Gasteiger partial charge in [0.05, 0.1) is 11.5 Å². The summed E-state index contributed by atoms with van der Waals surface area (Å²) in [5.74, 6) is 0. The van der Waals surface area contributed by atoms with Crippen LogP contribution in [0.2, 0.25) is 0 Å². The lowest BCUT2D eigenvalue weighted by Crippen LogP contribution is -2.38. The minimum Gasteiger partial charge on any atom is -0.393 e. The van der Waals surface area contributed by atoms with Gasteiger partial charge in [-0.1, -0.05) is 44.4 Å². The monoisotopic (exact) mass is 284 g/mol. The molecule has 0 aliphatic heterocycles. The topological polar surface area (TPSA) is 24.1 Å². The molecule has 0 spiro atoms. The van der Waals surface area contributed by atoms with Gasteiger partial charge in [0, 0.05) is 19.8 Å². The van der Waals surface area contributed by atoms with Crippen LogP contribution in [0.1, 0.15) is 69.5 Å². The summed E-state index contributed by atoms with van der Waals surface area (Å²) in [5, 5.41) is 13.6. The molecule has 0 aliphatic rings. The molecule has 1 aromatic rings. The van der Waals surface area contributed by atoms with E-state index in [1.165, 1.54) is 36.4 Å². The predicted molar refractivity (Wildman–Crippen MR) is 82.6 cm³/mol. The Kier molecular flexibility index (Phi) is 8.31. The molecule has 0 saturated heterocycles. The maximum atomic E-state index is 9.88. The van der Waals surface area contributed by atoms with Crippen LogP contribution in [0.4, 0.5) is 0 Å². The Morgan fingerprint density at radius 3 is 2.47 bits per heavy atom. The molecule has 0 bridgehead atoms. The van der Waals surface area contributed by atoms with Gasteiger partial charge in [0.25, 0.3) is 0 Å². The fraction of sp³-hybridized carbons (Fsp3) is 0.812. The summed E-state index contributed by atoms with van der Waals surface area (Å²) >= 11 is 1.87. The van der Waals surface area contributed by atoms with E-state index in [4.69, 9.17) is 0 Å². The fourth-order valence-corrected chi connectivity index (χ4v) is 3.44. The van der Waals surface area contributed by atoms with Crippen LogP contribution in [0, 0.1) is 6.92 Å². The highest BCUT2D eigenvalue weighted by atomic mass is 32.1. The van der Waals surface area contributed by atoms with Crippen LogP contribution in [0.25, 0.3) is 0 Å². The van der Waals surface area contributed by atoms with E-state index in [0.717, 1.165) is 32.2 Å². The van der Waals surface area contributed by atoms with Gasteiger partial charge < -0.3 is 5.11 Å². The number of hydrogen-bond donors (Lipinski definition) is 1. The van der Waals surface area contributed by atoms with Crippen LogP contribution in [-0.4, -0.2) is 11.2 Å². The summed E-state index contributed by atoms with van der Waals surface area (Å²) in [4.78, 5) is 0. The van der Waals surface area contributed by atoms with E-state index in [2.05, 4.69) is 30.7 Å². The summed E-state index contributed by atoms with van der Waals surface area (Å²) in [5.41, 5.74) is 1.38. The third-order valence-electron chi connectivity index (χ3n) is 3.70. The molecule has 3 heteroatoms. The smallest absolute Gasteiger partial charge is 0.237 e. The molecule has 1 unspecified atom stereocenters. The average Bonchev–Trinajstić information content (AvgIpc) is 2.76. The van der Waals surface area contributed by atoms with Gasteiger partial charge in [-0.2, -0.15) is 4.57 Å². The van der Waals surface area contributed by atoms with Crippen LogP contribution < -0.4 is 4.57 Å². The molecule has 110 valence electrons. The third kappa shape index (κ3) is 6.05. The van der Waals surface area contributed by atoms with E-state index in [-0.39, 0.29) is 6.10 Å². The minimum absolute atomic E-state index is 0.0780. The second-order valence-corrected chi connectivity index (χ2v) is 6.36. The van der Waals surface area contributed by atoms with Crippen molar-refractivity contribution in [2.75, 3.05) is 0 Å². The molecule has 1 heterocycles. The van der Waals surface area contributed by atoms with Gasteiger partial charge in [0.1, 0.15) is 6.54 Å². The van der Waals surface area contributed by atoms with Gasteiger partial charge >= 0.3 is 0 Å². The quantitative estimate of drug-likeness (QED) is 0.509. The van der Waals surface area contributed by atoms with Crippen LogP contribution in [-0.2, 0) is 13.0 Å². The fourth-order valence-electron chi connectivity index (χ4n) is 2.48. The minimum atomic E-state index is -0.0780. The van der Waals surface area contributed by atoms with Gasteiger partial charge in [0.2, 0.25) is 5.01 Å². The lowest BCUT2D eigenvalue weighted by atomic mass is 10.1. The van der Waals surface area contributed by atoms with Gasteiger partial charge in [-0.25, -0.2) is 0 Å². The zero-order chi connectivity index (χ0) is 14.1. The summed E-state index contributed by atoms with van der Waals surface area (Å²) in [7, 11) is 0. The SMILES string of the molecule is CCCCCC(O)CCCC[n+]1c(C)csc1CC. The summed E-state index contributed by atoms with van der Waals surface area (Å²) < 4.78 is 2.44. The van der Waals surface area contributed by atoms with Crippen molar-refractivity contribution in [3.05, 3.63) is 16.1 Å². The Morgan fingerprint density at radius 2 is 1.84 bits per heavy atom. The highest BCUT2D eigenvalue weighted by Crippen LogP contribution is 2.11. The molecule has 0 aliphatic carbocycles. The van der Waals surface area contributed by atoms with Crippen molar-refractivity contribution < 1.29 is 9.67 Å². The van der Waals surface area contributed by atoms with Gasteiger partial charge in [-0.15, -0.1) is 0 Å². The first-order valence-electron chi connectivity index (χ1n) is 7.83. The second-order valence-electron chi connectivity index (χ2n) is 5.42. The van der Waals surface area contributed by atoms with Crippen molar-refractivity contribution in [2.24, 2.45) is 0 Å². The number of aromatic nitrogens is 1. The normalized spacial score (nSPS) is 12.8. The second kappa shape index (κ2) is 9.49. The zero-order valence-electron chi connectivity index (χ0n) is 12.8. The molecule has 0 amide bonds. The van der Waals surface area contributed by atoms with Crippen molar-refractivity contribution in [2.45, 2.75) is 84.8 Å². The Hall–Kier alpha value is -0.410. The Morgan fingerprint density at radius 1 is 1.16 bits per heavy atom. The Balaban J connectivity index is 2.18. The molecule has 0 saturated carbocycles. The molecule has 19 heavy (non-hydrogen) atoms. The highest BCUT2D eigenvalue weighted by Gasteiger charge is 2.14. The van der Waals surface area contributed by atoms with E-state index in [9.17, 15) is 5.11 Å². The van der Waals surface area contributed by atoms with Gasteiger partial charge in [-0.3, -0.25) is 0 Å². The number of aryl methyl sites for hydroxylation is 2. The first kappa shape index (κ1) is 16.6. The molecule has 1 N–H and O–H groups in total. The molecular weight excluding hydrogens is 254 g/mol. The average molecular weight is 284 g/mol. The van der Waals surface area contributed by atoms with Crippen LogP contribution in [0.3, 0.4) is 0 Å². The number of unbranched alkanes of at least 4 members (excludes halogenated alkanes) is 3. The summed E-state index contributed by atoms with van der Waals surface area (Å²) in [6.07, 6.45) is 8.98. The molecule has 1 atom stereocenters. The molecular formula is C16H30NOS+. The highest BCUT2D eigenvalue weighted by molar-refractivity contribution is 7.09. The first-order valence-corrected chi connectivity index (χ1v) is 8.71. The van der Waals surface area contributed by atoms with E-state index in [0.29, 0.717) is 0 Å². The molecule has 2 nitrogen and oxygen atoms in total. The Labute approximate surface area is 122 Å².